The molecule has 5 heteroatoms. The summed E-state index contributed by atoms with van der Waals surface area (Å²) < 4.78 is 4.15. The summed E-state index contributed by atoms with van der Waals surface area (Å²) >= 11 is 0. The second-order valence-corrected chi connectivity index (χ2v) is 5.57. The monoisotopic (exact) mass is 259 g/mol. The van der Waals surface area contributed by atoms with Crippen LogP contribution < -0.4 is 0 Å². The van der Waals surface area contributed by atoms with Gasteiger partial charge < -0.3 is 14.7 Å². The number of carbonyl (C=O) groups excluding carboxylic acids is 2. The predicted octanol–water partition coefficient (Wildman–Crippen LogP) is 1.20. The van der Waals surface area contributed by atoms with E-state index in [-0.39, 0.29) is 17.4 Å². The molecule has 1 unspecified atom stereocenters. The molecule has 0 saturated carbocycles. The van der Waals surface area contributed by atoms with Gasteiger partial charge in [0, 0.05) is 19.5 Å². The number of carbonyl (C=O) groups is 2. The average molecular weight is 259 g/mol. The zero-order valence-corrected chi connectivity index (χ0v) is 11.8. The van der Waals surface area contributed by atoms with Crippen LogP contribution in [-0.2, 0) is 14.3 Å². The third-order valence-corrected chi connectivity index (χ3v) is 2.43. The summed E-state index contributed by atoms with van der Waals surface area (Å²) in [5, 5.41) is 9.25. The molecular weight excluding hydrogens is 234 g/mol. The van der Waals surface area contributed by atoms with E-state index in [1.165, 1.54) is 0 Å². The van der Waals surface area contributed by atoms with E-state index in [2.05, 4.69) is 25.5 Å². The predicted molar refractivity (Wildman–Crippen MR) is 69.0 cm³/mol. The number of aliphatic hydroxyl groups excluding tert-OH is 1. The molecule has 0 aromatic heterocycles. The quantitative estimate of drug-likeness (QED) is 0.773. The van der Waals surface area contributed by atoms with Crippen LogP contribution in [0.15, 0.2) is 0 Å². The van der Waals surface area contributed by atoms with Crippen molar-refractivity contribution in [1.82, 2.24) is 4.90 Å². The number of β-amino-alcohol motifs (C(OH)–C–C–N with tert-alkyl or cyclic N) is 1. The van der Waals surface area contributed by atoms with Gasteiger partial charge in [-0.2, -0.15) is 0 Å². The summed E-state index contributed by atoms with van der Waals surface area (Å²) in [6.45, 7) is 10.1. The van der Waals surface area contributed by atoms with E-state index in [1.54, 1.807) is 11.8 Å². The van der Waals surface area contributed by atoms with Gasteiger partial charge in [0.1, 0.15) is 0 Å². The number of nitrogens with zero attached hydrogens (tertiary/aromatic N) is 1. The maximum Gasteiger partial charge on any atom is 0.293 e. The molecule has 1 saturated heterocycles. The van der Waals surface area contributed by atoms with E-state index in [0.29, 0.717) is 26.0 Å². The van der Waals surface area contributed by atoms with Gasteiger partial charge in [0.05, 0.1) is 12.7 Å². The minimum absolute atomic E-state index is 0.0463. The van der Waals surface area contributed by atoms with Crippen LogP contribution in [0.2, 0.25) is 0 Å². The third-order valence-electron chi connectivity index (χ3n) is 2.43. The molecule has 0 bridgehead atoms. The lowest BCUT2D eigenvalue weighted by molar-refractivity contribution is -0.132. The van der Waals surface area contributed by atoms with Crippen molar-refractivity contribution in [3.05, 3.63) is 0 Å². The molecule has 1 aliphatic rings. The fourth-order valence-electron chi connectivity index (χ4n) is 1.60. The van der Waals surface area contributed by atoms with Crippen LogP contribution in [0.4, 0.5) is 0 Å². The smallest absolute Gasteiger partial charge is 0.293 e. The van der Waals surface area contributed by atoms with Gasteiger partial charge in [-0.3, -0.25) is 9.59 Å². The second-order valence-electron chi connectivity index (χ2n) is 5.57. The largest absolute Gasteiger partial charge is 0.468 e. The van der Waals surface area contributed by atoms with Crippen molar-refractivity contribution in [3.8, 4) is 0 Å². The molecule has 5 nitrogen and oxygen atoms in total. The molecule has 1 amide bonds. The maximum atomic E-state index is 11.6. The van der Waals surface area contributed by atoms with Crippen molar-refractivity contribution in [2.24, 2.45) is 5.41 Å². The SMILES string of the molecule is CC(C)(C)CC(=O)N1CCC(O)C1.CCOC=O. The van der Waals surface area contributed by atoms with Crippen molar-refractivity contribution in [3.63, 3.8) is 0 Å². The first-order chi connectivity index (χ1) is 8.30. The van der Waals surface area contributed by atoms with Gasteiger partial charge >= 0.3 is 0 Å². The standard InChI is InChI=1S/C10H19NO2.C3H6O2/c1-10(2,3)6-9(13)11-5-4-8(12)7-11;1-2-5-3-4/h8,12H,4-7H2,1-3H3;3H,2H2,1H3. The summed E-state index contributed by atoms with van der Waals surface area (Å²) in [7, 11) is 0. The van der Waals surface area contributed by atoms with Gasteiger partial charge in [0.15, 0.2) is 0 Å². The summed E-state index contributed by atoms with van der Waals surface area (Å²) in [4.78, 5) is 22.6. The van der Waals surface area contributed by atoms with Gasteiger partial charge in [-0.05, 0) is 18.8 Å². The lowest BCUT2D eigenvalue weighted by Gasteiger charge is -2.22. The minimum atomic E-state index is -0.302. The molecule has 0 aromatic rings. The highest BCUT2D eigenvalue weighted by Crippen LogP contribution is 2.21. The van der Waals surface area contributed by atoms with Crippen LogP contribution in [0, 0.1) is 5.41 Å². The number of hydrogen-bond donors (Lipinski definition) is 1. The van der Waals surface area contributed by atoms with Crippen LogP contribution in [0.25, 0.3) is 0 Å². The fraction of sp³-hybridized carbons (Fsp3) is 0.846. The first kappa shape index (κ1) is 16.9. The molecule has 0 aliphatic carbocycles. The molecule has 1 atom stereocenters. The zero-order valence-electron chi connectivity index (χ0n) is 11.8. The summed E-state index contributed by atoms with van der Waals surface area (Å²) in [5.74, 6) is 0.170. The topological polar surface area (TPSA) is 66.8 Å². The summed E-state index contributed by atoms with van der Waals surface area (Å²) in [6.07, 6.45) is 0.999. The van der Waals surface area contributed by atoms with Crippen molar-refractivity contribution >= 4 is 12.4 Å². The molecule has 0 aromatic carbocycles. The van der Waals surface area contributed by atoms with Crippen LogP contribution in [-0.4, -0.2) is 48.2 Å². The van der Waals surface area contributed by atoms with Gasteiger partial charge in [0.25, 0.3) is 6.47 Å². The summed E-state index contributed by atoms with van der Waals surface area (Å²) in [6, 6.07) is 0. The van der Waals surface area contributed by atoms with Crippen LogP contribution >= 0.6 is 0 Å². The molecule has 18 heavy (non-hydrogen) atoms. The number of likely N-dealkylation sites (tertiary alicyclic amines) is 1. The maximum absolute atomic E-state index is 11.6. The van der Waals surface area contributed by atoms with E-state index in [1.807, 2.05) is 0 Å². The van der Waals surface area contributed by atoms with E-state index in [0.717, 1.165) is 13.0 Å². The van der Waals surface area contributed by atoms with Crippen LogP contribution in [0.3, 0.4) is 0 Å². The Morgan fingerprint density at radius 1 is 1.50 bits per heavy atom. The van der Waals surface area contributed by atoms with Crippen LogP contribution in [0.5, 0.6) is 0 Å². The number of aliphatic hydroxyl groups is 1. The Morgan fingerprint density at radius 3 is 2.39 bits per heavy atom. The Bertz CT molecular complexity index is 260. The van der Waals surface area contributed by atoms with E-state index < -0.39 is 0 Å². The molecule has 1 aliphatic heterocycles. The molecule has 0 spiro atoms. The average Bonchev–Trinajstić information content (AvgIpc) is 2.64. The molecule has 106 valence electrons. The number of hydrogen-bond acceptors (Lipinski definition) is 4. The molecular formula is C13H25NO4. The van der Waals surface area contributed by atoms with Gasteiger partial charge in [-0.25, -0.2) is 0 Å². The van der Waals surface area contributed by atoms with Crippen molar-refractivity contribution < 1.29 is 19.4 Å². The Hall–Kier alpha value is -1.10. The number of ether oxygens (including phenoxy) is 1. The Labute approximate surface area is 109 Å². The fourth-order valence-corrected chi connectivity index (χ4v) is 1.60. The van der Waals surface area contributed by atoms with E-state index in [4.69, 9.17) is 0 Å². The van der Waals surface area contributed by atoms with Gasteiger partial charge in [0.2, 0.25) is 5.91 Å². The third kappa shape index (κ3) is 8.06. The highest BCUT2D eigenvalue weighted by Gasteiger charge is 2.27. The number of amides is 1. The van der Waals surface area contributed by atoms with Crippen LogP contribution in [0.1, 0.15) is 40.5 Å². The molecule has 1 N–H and O–H groups in total. The van der Waals surface area contributed by atoms with E-state index in [9.17, 15) is 14.7 Å². The molecule has 1 heterocycles. The Morgan fingerprint density at radius 2 is 2.11 bits per heavy atom. The second kappa shape index (κ2) is 8.08. The highest BCUT2D eigenvalue weighted by atomic mass is 16.5. The zero-order chi connectivity index (χ0) is 14.2. The summed E-state index contributed by atoms with van der Waals surface area (Å²) in [5.41, 5.74) is 0.0463. The lowest BCUT2D eigenvalue weighted by atomic mass is 9.92. The molecule has 1 fully saturated rings. The molecule has 1 rings (SSSR count). The Kier molecular flexibility index (Phi) is 7.59. The van der Waals surface area contributed by atoms with Gasteiger partial charge in [-0.1, -0.05) is 20.8 Å². The van der Waals surface area contributed by atoms with Crippen molar-refractivity contribution in [2.45, 2.75) is 46.6 Å². The first-order valence-corrected chi connectivity index (χ1v) is 6.31. The van der Waals surface area contributed by atoms with Crippen molar-refractivity contribution in [1.29, 1.82) is 0 Å². The van der Waals surface area contributed by atoms with Crippen molar-refractivity contribution in [2.75, 3.05) is 19.7 Å². The van der Waals surface area contributed by atoms with E-state index >= 15 is 0 Å². The Balaban J connectivity index is 0.000000494. The lowest BCUT2D eigenvalue weighted by Crippen LogP contribution is -2.32. The normalized spacial score (nSPS) is 18.9. The first-order valence-electron chi connectivity index (χ1n) is 6.31. The minimum Gasteiger partial charge on any atom is -0.468 e. The highest BCUT2D eigenvalue weighted by molar-refractivity contribution is 5.77. The van der Waals surface area contributed by atoms with Gasteiger partial charge in [-0.15, -0.1) is 0 Å². The number of rotatable bonds is 3. The molecule has 0 radical (unpaired) electrons.